The Morgan fingerprint density at radius 3 is 2.77 bits per heavy atom. The van der Waals surface area contributed by atoms with E-state index in [9.17, 15) is 4.79 Å². The van der Waals surface area contributed by atoms with Crippen molar-refractivity contribution in [2.24, 2.45) is 0 Å². The van der Waals surface area contributed by atoms with Crippen LogP contribution in [0.5, 0.6) is 5.75 Å². The Kier molecular flexibility index (Phi) is 6.67. The van der Waals surface area contributed by atoms with Crippen LogP contribution >= 0.6 is 11.8 Å². The third-order valence-corrected chi connectivity index (χ3v) is 6.07. The molecular formula is C25H25N3O2S. The molecule has 0 atom stereocenters. The first-order chi connectivity index (χ1) is 15.1. The molecule has 0 fully saturated rings. The second kappa shape index (κ2) is 9.79. The van der Waals surface area contributed by atoms with Gasteiger partial charge in [-0.2, -0.15) is 0 Å². The number of fused-ring (bicyclic) bond motifs is 1. The molecule has 2 heterocycles. The number of aromatic nitrogens is 3. The van der Waals surface area contributed by atoms with E-state index in [0.717, 1.165) is 39.7 Å². The monoisotopic (exact) mass is 431 g/mol. The summed E-state index contributed by atoms with van der Waals surface area (Å²) in [6.07, 6.45) is 4.37. The quantitative estimate of drug-likeness (QED) is 0.223. The molecule has 0 aliphatic heterocycles. The van der Waals surface area contributed by atoms with Crippen LogP contribution in [0.15, 0.2) is 76.9 Å². The molecule has 2 aromatic heterocycles. The van der Waals surface area contributed by atoms with Crippen LogP contribution in [-0.4, -0.2) is 26.9 Å². The first-order valence-corrected chi connectivity index (χ1v) is 11.3. The Balaban J connectivity index is 1.49. The third-order valence-electron chi connectivity index (χ3n) is 5.01. The topological polar surface area (TPSA) is 57.0 Å². The van der Waals surface area contributed by atoms with E-state index in [1.165, 1.54) is 5.56 Å². The maximum absolute atomic E-state index is 13.2. The van der Waals surface area contributed by atoms with Gasteiger partial charge in [0.2, 0.25) is 0 Å². The van der Waals surface area contributed by atoms with Gasteiger partial charge in [-0.25, -0.2) is 4.98 Å². The molecule has 0 bridgehead atoms. The molecule has 0 unspecified atom stereocenters. The predicted octanol–water partition coefficient (Wildman–Crippen LogP) is 5.02. The highest BCUT2D eigenvalue weighted by atomic mass is 32.2. The van der Waals surface area contributed by atoms with Crippen molar-refractivity contribution in [2.45, 2.75) is 32.0 Å². The van der Waals surface area contributed by atoms with Gasteiger partial charge in [-0.3, -0.25) is 14.3 Å². The van der Waals surface area contributed by atoms with Crippen molar-refractivity contribution in [1.29, 1.82) is 0 Å². The summed E-state index contributed by atoms with van der Waals surface area (Å²) in [4.78, 5) is 22.1. The van der Waals surface area contributed by atoms with Crippen molar-refractivity contribution >= 4 is 22.7 Å². The highest BCUT2D eigenvalue weighted by molar-refractivity contribution is 7.99. The number of rotatable bonds is 8. The van der Waals surface area contributed by atoms with E-state index < -0.39 is 0 Å². The van der Waals surface area contributed by atoms with Gasteiger partial charge in [-0.1, -0.05) is 42.1 Å². The lowest BCUT2D eigenvalue weighted by Gasteiger charge is -2.13. The van der Waals surface area contributed by atoms with Crippen molar-refractivity contribution in [3.05, 3.63) is 94.0 Å². The minimum atomic E-state index is -0.0245. The van der Waals surface area contributed by atoms with Crippen molar-refractivity contribution in [1.82, 2.24) is 14.5 Å². The van der Waals surface area contributed by atoms with Crippen LogP contribution in [0.3, 0.4) is 0 Å². The molecule has 0 saturated carbocycles. The summed E-state index contributed by atoms with van der Waals surface area (Å²) < 4.78 is 7.71. The van der Waals surface area contributed by atoms with Crippen molar-refractivity contribution in [3.63, 3.8) is 0 Å². The number of ether oxygens (including phenoxy) is 1. The number of benzene rings is 2. The number of para-hydroxylation sites is 1. The minimum Gasteiger partial charge on any atom is -0.493 e. The minimum absolute atomic E-state index is 0.0245. The lowest BCUT2D eigenvalue weighted by atomic mass is 10.1. The number of hydrogen-bond donors (Lipinski definition) is 0. The molecule has 2 aromatic carbocycles. The molecule has 4 rings (SSSR count). The van der Waals surface area contributed by atoms with Crippen LogP contribution in [-0.2, 0) is 6.54 Å². The van der Waals surface area contributed by atoms with E-state index in [0.29, 0.717) is 18.5 Å². The zero-order valence-electron chi connectivity index (χ0n) is 17.7. The highest BCUT2D eigenvalue weighted by Crippen LogP contribution is 2.22. The summed E-state index contributed by atoms with van der Waals surface area (Å²) in [5.74, 6) is 1.74. The number of thioether (sulfide) groups is 1. The SMILES string of the molecule is Cc1ccc(C)c(OCCCSc2nc3ccccc3c(=O)n2Cc2cccnc2)c1. The molecule has 31 heavy (non-hydrogen) atoms. The van der Waals surface area contributed by atoms with E-state index in [1.54, 1.807) is 28.7 Å². The van der Waals surface area contributed by atoms with Gasteiger partial charge in [0.25, 0.3) is 5.56 Å². The number of nitrogens with zero attached hydrogens (tertiary/aromatic N) is 3. The third kappa shape index (κ3) is 5.14. The Morgan fingerprint density at radius 2 is 1.94 bits per heavy atom. The largest absolute Gasteiger partial charge is 0.493 e. The second-order valence-corrected chi connectivity index (χ2v) is 8.55. The lowest BCUT2D eigenvalue weighted by molar-refractivity contribution is 0.316. The van der Waals surface area contributed by atoms with Crippen LogP contribution in [0.25, 0.3) is 10.9 Å². The lowest BCUT2D eigenvalue weighted by Crippen LogP contribution is -2.24. The van der Waals surface area contributed by atoms with E-state index in [1.807, 2.05) is 36.4 Å². The average molecular weight is 432 g/mol. The van der Waals surface area contributed by atoms with E-state index in [-0.39, 0.29) is 5.56 Å². The van der Waals surface area contributed by atoms with Crippen molar-refractivity contribution in [3.8, 4) is 5.75 Å². The van der Waals surface area contributed by atoms with Crippen LogP contribution in [0, 0.1) is 13.8 Å². The summed E-state index contributed by atoms with van der Waals surface area (Å²) in [5, 5.41) is 1.35. The van der Waals surface area contributed by atoms with E-state index in [2.05, 4.69) is 37.0 Å². The van der Waals surface area contributed by atoms with Crippen LogP contribution in [0.1, 0.15) is 23.1 Å². The first kappa shape index (κ1) is 21.1. The molecule has 0 spiro atoms. The fraction of sp³-hybridized carbons (Fsp3) is 0.240. The Morgan fingerprint density at radius 1 is 1.06 bits per heavy atom. The Hall–Kier alpha value is -3.12. The average Bonchev–Trinajstić information content (AvgIpc) is 2.79. The maximum atomic E-state index is 13.2. The van der Waals surface area contributed by atoms with Gasteiger partial charge >= 0.3 is 0 Å². The van der Waals surface area contributed by atoms with Crippen LogP contribution in [0.4, 0.5) is 0 Å². The smallest absolute Gasteiger partial charge is 0.262 e. The molecule has 158 valence electrons. The van der Waals surface area contributed by atoms with Gasteiger partial charge in [0, 0.05) is 18.1 Å². The van der Waals surface area contributed by atoms with E-state index in [4.69, 9.17) is 9.72 Å². The summed E-state index contributed by atoms with van der Waals surface area (Å²) in [7, 11) is 0. The normalized spacial score (nSPS) is 11.0. The zero-order chi connectivity index (χ0) is 21.6. The fourth-order valence-electron chi connectivity index (χ4n) is 3.34. The molecule has 0 saturated heterocycles. The van der Waals surface area contributed by atoms with Crippen LogP contribution in [0.2, 0.25) is 0 Å². The second-order valence-electron chi connectivity index (χ2n) is 7.48. The number of pyridine rings is 1. The summed E-state index contributed by atoms with van der Waals surface area (Å²) in [6, 6.07) is 17.6. The Bertz CT molecular complexity index is 1240. The van der Waals surface area contributed by atoms with Gasteiger partial charge in [-0.05, 0) is 61.2 Å². The molecule has 0 N–H and O–H groups in total. The van der Waals surface area contributed by atoms with Gasteiger partial charge < -0.3 is 4.74 Å². The Labute approximate surface area is 186 Å². The van der Waals surface area contributed by atoms with Gasteiger partial charge in [0.15, 0.2) is 5.16 Å². The van der Waals surface area contributed by atoms with E-state index >= 15 is 0 Å². The first-order valence-electron chi connectivity index (χ1n) is 10.3. The predicted molar refractivity (Wildman–Crippen MR) is 126 cm³/mol. The van der Waals surface area contributed by atoms with Gasteiger partial charge in [0.05, 0.1) is 24.1 Å². The molecule has 0 aliphatic carbocycles. The van der Waals surface area contributed by atoms with Crippen LogP contribution < -0.4 is 10.3 Å². The zero-order valence-corrected chi connectivity index (χ0v) is 18.6. The summed E-state index contributed by atoms with van der Waals surface area (Å²) in [6.45, 7) is 5.19. The molecule has 5 nitrogen and oxygen atoms in total. The van der Waals surface area contributed by atoms with Crippen molar-refractivity contribution in [2.75, 3.05) is 12.4 Å². The molecule has 4 aromatic rings. The number of aryl methyl sites for hydroxylation is 2. The molecular weight excluding hydrogens is 406 g/mol. The summed E-state index contributed by atoms with van der Waals surface area (Å²) >= 11 is 1.59. The highest BCUT2D eigenvalue weighted by Gasteiger charge is 2.12. The fourth-order valence-corrected chi connectivity index (χ4v) is 4.25. The molecule has 0 amide bonds. The molecule has 6 heteroatoms. The molecule has 0 aliphatic rings. The number of hydrogen-bond acceptors (Lipinski definition) is 5. The van der Waals surface area contributed by atoms with Gasteiger partial charge in [-0.15, -0.1) is 0 Å². The summed E-state index contributed by atoms with van der Waals surface area (Å²) in [5.41, 5.74) is 4.00. The van der Waals surface area contributed by atoms with Crippen molar-refractivity contribution < 1.29 is 4.74 Å². The molecule has 0 radical (unpaired) electrons. The van der Waals surface area contributed by atoms with Gasteiger partial charge in [0.1, 0.15) is 5.75 Å². The maximum Gasteiger partial charge on any atom is 0.262 e. The standard InChI is InChI=1S/C25H25N3O2S/c1-18-10-11-19(2)23(15-18)30-13-6-14-31-25-27-22-9-4-3-8-21(22)24(29)28(25)17-20-7-5-12-26-16-20/h3-5,7-12,15-16H,6,13-14,17H2,1-2H3.